The fourth-order valence-electron chi connectivity index (χ4n) is 1.31. The predicted octanol–water partition coefficient (Wildman–Crippen LogP) is 0.458. The van der Waals surface area contributed by atoms with Crippen LogP contribution < -0.4 is 0 Å². The first-order valence-electron chi connectivity index (χ1n) is 3.87. The lowest BCUT2D eigenvalue weighted by Crippen LogP contribution is -2.29. The Kier molecular flexibility index (Phi) is 2.88. The number of methoxy groups -OCH3 is 1. The van der Waals surface area contributed by atoms with Gasteiger partial charge in [-0.25, -0.2) is 0 Å². The van der Waals surface area contributed by atoms with Crippen molar-refractivity contribution >= 4 is 5.91 Å². The molecule has 0 aromatic carbocycles. The highest BCUT2D eigenvalue weighted by Gasteiger charge is 2.24. The minimum atomic E-state index is 0.129. The second-order valence-corrected chi connectivity index (χ2v) is 2.74. The molecule has 0 N–H and O–H groups in total. The number of rotatable bonds is 2. The maximum atomic E-state index is 11.1. The Morgan fingerprint density at radius 3 is 3.00 bits per heavy atom. The molecule has 1 rings (SSSR count). The third-order valence-electron chi connectivity index (χ3n) is 2.04. The highest BCUT2D eigenvalue weighted by molar-refractivity contribution is 5.76. The molecule has 0 saturated carbocycles. The Labute approximate surface area is 67.3 Å². The van der Waals surface area contributed by atoms with E-state index in [4.69, 9.17) is 4.74 Å². The Bertz CT molecular complexity index is 147. The Balaban J connectivity index is 2.35. The van der Waals surface area contributed by atoms with Crippen molar-refractivity contribution in [1.82, 2.24) is 4.90 Å². The summed E-state index contributed by atoms with van der Waals surface area (Å²) in [6, 6.07) is 0. The van der Waals surface area contributed by atoms with Crippen molar-refractivity contribution in [2.45, 2.75) is 18.9 Å². The van der Waals surface area contributed by atoms with Gasteiger partial charge < -0.3 is 9.64 Å². The van der Waals surface area contributed by atoms with Crippen LogP contribution in [0.2, 0.25) is 0 Å². The fraction of sp³-hybridized carbons (Fsp3) is 0.750. The topological polar surface area (TPSA) is 29.5 Å². The number of hydrogen-bond donors (Lipinski definition) is 0. The van der Waals surface area contributed by atoms with Crippen molar-refractivity contribution in [3.63, 3.8) is 0 Å². The molecule has 0 bridgehead atoms. The minimum Gasteiger partial charge on any atom is -0.380 e. The van der Waals surface area contributed by atoms with Crippen molar-refractivity contribution in [3.05, 3.63) is 6.92 Å². The molecule has 1 unspecified atom stereocenters. The van der Waals surface area contributed by atoms with Crippen LogP contribution in [0.5, 0.6) is 0 Å². The van der Waals surface area contributed by atoms with Gasteiger partial charge in [-0.15, -0.1) is 0 Å². The molecular formula is C8H14NO2. The fourth-order valence-corrected chi connectivity index (χ4v) is 1.31. The molecule has 0 spiro atoms. The second-order valence-electron chi connectivity index (χ2n) is 2.74. The summed E-state index contributed by atoms with van der Waals surface area (Å²) in [5, 5.41) is 0. The Morgan fingerprint density at radius 2 is 2.55 bits per heavy atom. The summed E-state index contributed by atoms with van der Waals surface area (Å²) in [7, 11) is 1.68. The first-order valence-corrected chi connectivity index (χ1v) is 3.87. The van der Waals surface area contributed by atoms with E-state index >= 15 is 0 Å². The molecule has 0 aliphatic carbocycles. The molecule has 1 atom stereocenters. The van der Waals surface area contributed by atoms with Crippen LogP contribution in [0.4, 0.5) is 0 Å². The van der Waals surface area contributed by atoms with Gasteiger partial charge in [0.05, 0.1) is 6.10 Å². The number of carbonyl (C=O) groups excluding carboxylic acids is 1. The number of ether oxygens (including phenoxy) is 1. The molecule has 1 radical (unpaired) electrons. The molecule has 3 heteroatoms. The number of amides is 1. The van der Waals surface area contributed by atoms with Gasteiger partial charge >= 0.3 is 0 Å². The lowest BCUT2D eigenvalue weighted by molar-refractivity contribution is -0.129. The number of nitrogens with zero attached hydrogens (tertiary/aromatic N) is 1. The predicted molar refractivity (Wildman–Crippen MR) is 42.0 cm³/mol. The summed E-state index contributed by atoms with van der Waals surface area (Å²) < 4.78 is 5.12. The summed E-state index contributed by atoms with van der Waals surface area (Å²) >= 11 is 0. The quantitative estimate of drug-likeness (QED) is 0.581. The van der Waals surface area contributed by atoms with Gasteiger partial charge in [0, 0.05) is 26.6 Å². The van der Waals surface area contributed by atoms with E-state index in [1.807, 2.05) is 0 Å². The molecule has 1 aliphatic rings. The van der Waals surface area contributed by atoms with Crippen molar-refractivity contribution in [3.8, 4) is 0 Å². The summed E-state index contributed by atoms with van der Waals surface area (Å²) in [5.74, 6) is 0.129. The van der Waals surface area contributed by atoms with Crippen LogP contribution in [0.25, 0.3) is 0 Å². The largest absolute Gasteiger partial charge is 0.380 e. The summed E-state index contributed by atoms with van der Waals surface area (Å²) in [6.07, 6.45) is 1.56. The number of carbonyl (C=O) groups is 1. The molecule has 1 saturated heterocycles. The SMILES string of the molecule is [CH2]CC(=O)N1CCC(OC)C1. The van der Waals surface area contributed by atoms with Crippen LogP contribution in [0, 0.1) is 6.92 Å². The smallest absolute Gasteiger partial charge is 0.222 e. The van der Waals surface area contributed by atoms with E-state index in [0.717, 1.165) is 19.5 Å². The zero-order valence-corrected chi connectivity index (χ0v) is 6.88. The molecule has 0 aromatic rings. The van der Waals surface area contributed by atoms with Crippen molar-refractivity contribution < 1.29 is 9.53 Å². The van der Waals surface area contributed by atoms with Crippen LogP contribution >= 0.6 is 0 Å². The van der Waals surface area contributed by atoms with Gasteiger partial charge in [0.15, 0.2) is 0 Å². The first kappa shape index (κ1) is 8.53. The molecule has 1 aliphatic heterocycles. The molecule has 11 heavy (non-hydrogen) atoms. The average Bonchev–Trinajstić information content (AvgIpc) is 2.50. The second kappa shape index (κ2) is 3.72. The molecule has 0 aromatic heterocycles. The van der Waals surface area contributed by atoms with E-state index in [9.17, 15) is 4.79 Å². The Morgan fingerprint density at radius 1 is 1.82 bits per heavy atom. The van der Waals surface area contributed by atoms with Gasteiger partial charge in [-0.05, 0) is 13.3 Å². The van der Waals surface area contributed by atoms with Gasteiger partial charge in [0.1, 0.15) is 0 Å². The Hall–Kier alpha value is -0.570. The third kappa shape index (κ3) is 1.93. The maximum Gasteiger partial charge on any atom is 0.222 e. The molecule has 1 heterocycles. The van der Waals surface area contributed by atoms with E-state index in [0.29, 0.717) is 6.42 Å². The van der Waals surface area contributed by atoms with Gasteiger partial charge in [0.25, 0.3) is 0 Å². The van der Waals surface area contributed by atoms with Crippen LogP contribution in [0.3, 0.4) is 0 Å². The molecule has 63 valence electrons. The van der Waals surface area contributed by atoms with E-state index in [1.165, 1.54) is 0 Å². The van der Waals surface area contributed by atoms with Crippen LogP contribution in [-0.4, -0.2) is 37.1 Å². The first-order chi connectivity index (χ1) is 5.27. The van der Waals surface area contributed by atoms with Crippen molar-refractivity contribution in [1.29, 1.82) is 0 Å². The number of likely N-dealkylation sites (tertiary alicyclic amines) is 1. The maximum absolute atomic E-state index is 11.1. The van der Waals surface area contributed by atoms with Gasteiger partial charge in [-0.1, -0.05) is 0 Å². The average molecular weight is 156 g/mol. The van der Waals surface area contributed by atoms with Crippen LogP contribution in [0.1, 0.15) is 12.8 Å². The van der Waals surface area contributed by atoms with Gasteiger partial charge in [-0.2, -0.15) is 0 Å². The molecular weight excluding hydrogens is 142 g/mol. The summed E-state index contributed by atoms with van der Waals surface area (Å²) in [6.45, 7) is 5.12. The van der Waals surface area contributed by atoms with E-state index in [-0.39, 0.29) is 12.0 Å². The zero-order chi connectivity index (χ0) is 8.27. The molecule has 1 fully saturated rings. The molecule has 3 nitrogen and oxygen atoms in total. The zero-order valence-electron chi connectivity index (χ0n) is 6.88. The van der Waals surface area contributed by atoms with E-state index in [1.54, 1.807) is 12.0 Å². The van der Waals surface area contributed by atoms with Crippen LogP contribution in [-0.2, 0) is 9.53 Å². The lowest BCUT2D eigenvalue weighted by atomic mass is 10.3. The van der Waals surface area contributed by atoms with Gasteiger partial charge in [-0.3, -0.25) is 4.79 Å². The number of hydrogen-bond acceptors (Lipinski definition) is 2. The highest BCUT2D eigenvalue weighted by atomic mass is 16.5. The van der Waals surface area contributed by atoms with Crippen molar-refractivity contribution in [2.75, 3.05) is 20.2 Å². The van der Waals surface area contributed by atoms with Crippen LogP contribution in [0.15, 0.2) is 0 Å². The monoisotopic (exact) mass is 156 g/mol. The van der Waals surface area contributed by atoms with Crippen molar-refractivity contribution in [2.24, 2.45) is 0 Å². The normalized spacial score (nSPS) is 24.2. The standard InChI is InChI=1S/C8H14NO2/c1-3-8(10)9-5-4-7(6-9)11-2/h7H,1,3-6H2,2H3. The summed E-state index contributed by atoms with van der Waals surface area (Å²) in [5.41, 5.74) is 0. The molecule has 1 amide bonds. The van der Waals surface area contributed by atoms with E-state index in [2.05, 4.69) is 6.92 Å². The minimum absolute atomic E-state index is 0.129. The highest BCUT2D eigenvalue weighted by Crippen LogP contribution is 2.12. The lowest BCUT2D eigenvalue weighted by Gasteiger charge is -2.14. The van der Waals surface area contributed by atoms with Gasteiger partial charge in [0.2, 0.25) is 5.91 Å². The third-order valence-corrected chi connectivity index (χ3v) is 2.04. The summed E-state index contributed by atoms with van der Waals surface area (Å²) in [4.78, 5) is 12.9. The van der Waals surface area contributed by atoms with E-state index < -0.39 is 0 Å².